The Morgan fingerprint density at radius 1 is 1.37 bits per heavy atom. The number of fused-ring (bicyclic) bond motifs is 1. The number of nitrogens with one attached hydrogen (secondary N) is 1. The van der Waals surface area contributed by atoms with Crippen molar-refractivity contribution in [1.29, 1.82) is 0 Å². The Kier molecular flexibility index (Phi) is 2.83. The molecule has 6 nitrogen and oxygen atoms in total. The molecular formula is C12H13N5OS. The van der Waals surface area contributed by atoms with E-state index in [4.69, 9.17) is 0 Å². The zero-order valence-corrected chi connectivity index (χ0v) is 11.4. The molecule has 1 N–H and O–H groups in total. The van der Waals surface area contributed by atoms with Gasteiger partial charge in [0.2, 0.25) is 0 Å². The van der Waals surface area contributed by atoms with E-state index in [1.807, 2.05) is 18.5 Å². The number of thiophene rings is 1. The van der Waals surface area contributed by atoms with Gasteiger partial charge in [-0.3, -0.25) is 4.57 Å². The molecule has 0 atom stereocenters. The first-order chi connectivity index (χ1) is 9.19. The Bertz CT molecular complexity index is 785. The Balaban J connectivity index is 2.05. The number of imidazole rings is 1. The maximum absolute atomic E-state index is 11.8. The van der Waals surface area contributed by atoms with Crippen molar-refractivity contribution in [2.24, 2.45) is 7.05 Å². The number of aromatic nitrogens is 4. The van der Waals surface area contributed by atoms with Crippen LogP contribution in [0, 0.1) is 0 Å². The Morgan fingerprint density at radius 2 is 2.21 bits per heavy atom. The SMILES string of the molecule is CNc1nc(Cn2ccn(C)c2=O)nc2sccc12. The topological polar surface area (TPSA) is 64.7 Å². The van der Waals surface area contributed by atoms with Crippen LogP contribution in [0.2, 0.25) is 0 Å². The third-order valence-electron chi connectivity index (χ3n) is 2.94. The van der Waals surface area contributed by atoms with E-state index in [1.54, 1.807) is 35.3 Å². The predicted molar refractivity (Wildman–Crippen MR) is 75.7 cm³/mol. The third kappa shape index (κ3) is 2.01. The van der Waals surface area contributed by atoms with Gasteiger partial charge in [-0.25, -0.2) is 14.8 Å². The van der Waals surface area contributed by atoms with Crippen LogP contribution in [0.4, 0.5) is 5.82 Å². The lowest BCUT2D eigenvalue weighted by molar-refractivity contribution is 0.691. The number of hydrogen-bond donors (Lipinski definition) is 1. The van der Waals surface area contributed by atoms with Crippen molar-refractivity contribution in [3.05, 3.63) is 40.1 Å². The van der Waals surface area contributed by atoms with Crippen molar-refractivity contribution < 1.29 is 0 Å². The molecule has 3 aromatic heterocycles. The van der Waals surface area contributed by atoms with Crippen LogP contribution in [0.5, 0.6) is 0 Å². The third-order valence-corrected chi connectivity index (χ3v) is 3.74. The first kappa shape index (κ1) is 11.9. The fourth-order valence-electron chi connectivity index (χ4n) is 1.94. The summed E-state index contributed by atoms with van der Waals surface area (Å²) >= 11 is 1.57. The van der Waals surface area contributed by atoms with Crippen LogP contribution < -0.4 is 11.0 Å². The smallest absolute Gasteiger partial charge is 0.328 e. The minimum absolute atomic E-state index is 0.0686. The lowest BCUT2D eigenvalue weighted by Gasteiger charge is -2.05. The highest BCUT2D eigenvalue weighted by Gasteiger charge is 2.09. The minimum atomic E-state index is -0.0686. The molecule has 0 saturated carbocycles. The molecule has 0 aliphatic heterocycles. The Labute approximate surface area is 113 Å². The number of aryl methyl sites for hydroxylation is 1. The maximum Gasteiger partial charge on any atom is 0.328 e. The van der Waals surface area contributed by atoms with Crippen molar-refractivity contribution in [3.8, 4) is 0 Å². The summed E-state index contributed by atoms with van der Waals surface area (Å²) in [6.07, 6.45) is 3.47. The monoisotopic (exact) mass is 275 g/mol. The fourth-order valence-corrected chi connectivity index (χ4v) is 2.73. The van der Waals surface area contributed by atoms with Gasteiger partial charge in [-0.2, -0.15) is 0 Å². The highest BCUT2D eigenvalue weighted by molar-refractivity contribution is 7.16. The molecule has 0 spiro atoms. The lowest BCUT2D eigenvalue weighted by Crippen LogP contribution is -2.23. The largest absolute Gasteiger partial charge is 0.372 e. The van der Waals surface area contributed by atoms with Crippen LogP contribution in [0.3, 0.4) is 0 Å². The fraction of sp³-hybridized carbons (Fsp3) is 0.250. The number of rotatable bonds is 3. The van der Waals surface area contributed by atoms with E-state index in [0.717, 1.165) is 16.0 Å². The molecule has 3 rings (SSSR count). The van der Waals surface area contributed by atoms with Gasteiger partial charge in [0, 0.05) is 26.5 Å². The molecule has 7 heteroatoms. The molecule has 98 valence electrons. The van der Waals surface area contributed by atoms with Gasteiger partial charge in [0.25, 0.3) is 0 Å². The van der Waals surface area contributed by atoms with E-state index in [2.05, 4.69) is 15.3 Å². The molecule has 0 aromatic carbocycles. The molecule has 0 aliphatic rings. The van der Waals surface area contributed by atoms with Crippen molar-refractivity contribution in [2.45, 2.75) is 6.54 Å². The molecule has 0 saturated heterocycles. The van der Waals surface area contributed by atoms with Crippen molar-refractivity contribution in [2.75, 3.05) is 12.4 Å². The van der Waals surface area contributed by atoms with Gasteiger partial charge < -0.3 is 9.88 Å². The van der Waals surface area contributed by atoms with Crippen LogP contribution in [0.15, 0.2) is 28.6 Å². The van der Waals surface area contributed by atoms with Crippen LogP contribution >= 0.6 is 11.3 Å². The van der Waals surface area contributed by atoms with E-state index in [-0.39, 0.29) is 5.69 Å². The zero-order chi connectivity index (χ0) is 13.4. The van der Waals surface area contributed by atoms with Crippen molar-refractivity contribution in [1.82, 2.24) is 19.1 Å². The molecule has 0 amide bonds. The average Bonchev–Trinajstić information content (AvgIpc) is 2.99. The summed E-state index contributed by atoms with van der Waals surface area (Å²) in [5.74, 6) is 1.43. The molecule has 0 fully saturated rings. The van der Waals surface area contributed by atoms with Gasteiger partial charge in [0.15, 0.2) is 5.82 Å². The molecule has 0 unspecified atom stereocenters. The second-order valence-electron chi connectivity index (χ2n) is 4.20. The van der Waals surface area contributed by atoms with E-state index < -0.39 is 0 Å². The molecule has 3 aromatic rings. The summed E-state index contributed by atoms with van der Waals surface area (Å²) in [6.45, 7) is 0.377. The van der Waals surface area contributed by atoms with Crippen LogP contribution in [-0.4, -0.2) is 26.1 Å². The molecule has 19 heavy (non-hydrogen) atoms. The van der Waals surface area contributed by atoms with Gasteiger partial charge in [-0.1, -0.05) is 0 Å². The molecule has 0 aliphatic carbocycles. The number of anilines is 1. The van der Waals surface area contributed by atoms with E-state index in [0.29, 0.717) is 12.4 Å². The van der Waals surface area contributed by atoms with E-state index in [1.165, 1.54) is 4.57 Å². The normalized spacial score (nSPS) is 11.1. The van der Waals surface area contributed by atoms with Gasteiger partial charge in [0.1, 0.15) is 10.6 Å². The molecule has 0 radical (unpaired) electrons. The zero-order valence-electron chi connectivity index (χ0n) is 10.6. The highest BCUT2D eigenvalue weighted by atomic mass is 32.1. The summed E-state index contributed by atoms with van der Waals surface area (Å²) in [5, 5.41) is 6.06. The van der Waals surface area contributed by atoms with Gasteiger partial charge in [-0.05, 0) is 11.4 Å². The second-order valence-corrected chi connectivity index (χ2v) is 5.09. The standard InChI is InChI=1S/C12H13N5OS/c1-13-10-8-3-6-19-11(8)15-9(14-10)7-17-5-4-16(2)12(17)18/h3-6H,7H2,1-2H3,(H,13,14,15). The summed E-state index contributed by atoms with van der Waals surface area (Å²) in [6, 6.07) is 1.99. The van der Waals surface area contributed by atoms with Crippen LogP contribution in [0.25, 0.3) is 10.2 Å². The molecule has 0 bridgehead atoms. The maximum atomic E-state index is 11.8. The van der Waals surface area contributed by atoms with E-state index in [9.17, 15) is 4.79 Å². The predicted octanol–water partition coefficient (Wildman–Crippen LogP) is 1.28. The van der Waals surface area contributed by atoms with Gasteiger partial charge in [-0.15, -0.1) is 11.3 Å². The summed E-state index contributed by atoms with van der Waals surface area (Å²) < 4.78 is 3.12. The lowest BCUT2D eigenvalue weighted by atomic mass is 10.3. The Hall–Kier alpha value is -2.15. The second kappa shape index (κ2) is 4.51. The quantitative estimate of drug-likeness (QED) is 0.782. The van der Waals surface area contributed by atoms with E-state index >= 15 is 0 Å². The highest BCUT2D eigenvalue weighted by Crippen LogP contribution is 2.24. The van der Waals surface area contributed by atoms with Gasteiger partial charge in [0.05, 0.1) is 11.9 Å². The van der Waals surface area contributed by atoms with Crippen LogP contribution in [-0.2, 0) is 13.6 Å². The van der Waals surface area contributed by atoms with Crippen molar-refractivity contribution in [3.63, 3.8) is 0 Å². The summed E-state index contributed by atoms with van der Waals surface area (Å²) in [4.78, 5) is 21.7. The number of nitrogens with zero attached hydrogens (tertiary/aromatic N) is 4. The van der Waals surface area contributed by atoms with Gasteiger partial charge >= 0.3 is 5.69 Å². The Morgan fingerprint density at radius 3 is 2.89 bits per heavy atom. The minimum Gasteiger partial charge on any atom is -0.372 e. The number of hydrogen-bond acceptors (Lipinski definition) is 5. The average molecular weight is 275 g/mol. The molecular weight excluding hydrogens is 262 g/mol. The summed E-state index contributed by atoms with van der Waals surface area (Å²) in [5.41, 5.74) is -0.0686. The van der Waals surface area contributed by atoms with Crippen molar-refractivity contribution >= 4 is 27.4 Å². The molecule has 3 heterocycles. The van der Waals surface area contributed by atoms with Crippen LogP contribution in [0.1, 0.15) is 5.82 Å². The summed E-state index contributed by atoms with van der Waals surface area (Å²) in [7, 11) is 3.55. The first-order valence-corrected chi connectivity index (χ1v) is 6.70. The first-order valence-electron chi connectivity index (χ1n) is 5.82.